The highest BCUT2D eigenvalue weighted by Crippen LogP contribution is 2.31. The molecule has 0 saturated heterocycles. The van der Waals surface area contributed by atoms with Crippen LogP contribution >= 0.6 is 0 Å². The molecule has 0 amide bonds. The van der Waals surface area contributed by atoms with Gasteiger partial charge in [0, 0.05) is 17.7 Å². The molecule has 0 heterocycles. The Labute approximate surface area is 107 Å². The highest BCUT2D eigenvalue weighted by molar-refractivity contribution is 5.75. The summed E-state index contributed by atoms with van der Waals surface area (Å²) in [6.45, 7) is 0. The maximum atomic E-state index is 13.1. The molecule has 0 bridgehead atoms. The first-order valence-electron chi connectivity index (χ1n) is 5.27. The predicted molar refractivity (Wildman–Crippen MR) is 65.0 cm³/mol. The van der Waals surface area contributed by atoms with Crippen LogP contribution in [0.4, 0.5) is 10.1 Å². The maximum Gasteiger partial charge on any atom is 0.311 e. The molecule has 0 fully saturated rings. The molecule has 2 rings (SSSR count). The van der Waals surface area contributed by atoms with Gasteiger partial charge in [0.1, 0.15) is 17.9 Å². The molecule has 0 aliphatic carbocycles. The lowest BCUT2D eigenvalue weighted by Crippen LogP contribution is -1.94. The minimum absolute atomic E-state index is 0.215. The number of nitrogens with zero attached hydrogens (tertiary/aromatic N) is 1. The Bertz CT molecular complexity index is 642. The number of carbonyl (C=O) groups is 1. The zero-order valence-corrected chi connectivity index (χ0v) is 9.58. The van der Waals surface area contributed by atoms with Crippen molar-refractivity contribution in [1.29, 1.82) is 0 Å². The highest BCUT2D eigenvalue weighted by atomic mass is 19.1. The van der Waals surface area contributed by atoms with E-state index >= 15 is 0 Å². The summed E-state index contributed by atoms with van der Waals surface area (Å²) in [5.41, 5.74) is 0.00876. The molecule has 0 saturated carbocycles. The second-order valence-corrected chi connectivity index (χ2v) is 3.66. The van der Waals surface area contributed by atoms with E-state index in [2.05, 4.69) is 0 Å². The quantitative estimate of drug-likeness (QED) is 0.480. The SMILES string of the molecule is O=Cc1cccc(Oc2cc(F)ccc2[N+](=O)[O-])c1. The minimum atomic E-state index is -0.668. The Kier molecular flexibility index (Phi) is 3.51. The molecule has 2 aromatic carbocycles. The van der Waals surface area contributed by atoms with Crippen LogP contribution in [0.5, 0.6) is 11.5 Å². The number of hydrogen-bond acceptors (Lipinski definition) is 4. The number of benzene rings is 2. The van der Waals surface area contributed by atoms with Crippen LogP contribution in [0, 0.1) is 15.9 Å². The number of hydrogen-bond donors (Lipinski definition) is 0. The van der Waals surface area contributed by atoms with Crippen LogP contribution in [0.1, 0.15) is 10.4 Å². The zero-order chi connectivity index (χ0) is 13.8. The largest absolute Gasteiger partial charge is 0.450 e. The molecule has 0 atom stereocenters. The Morgan fingerprint density at radius 3 is 2.68 bits per heavy atom. The Balaban J connectivity index is 2.39. The van der Waals surface area contributed by atoms with E-state index in [9.17, 15) is 19.3 Å². The summed E-state index contributed by atoms with van der Waals surface area (Å²) in [4.78, 5) is 20.7. The standard InChI is InChI=1S/C13H8FNO4/c14-10-4-5-12(15(17)18)13(7-10)19-11-3-1-2-9(6-11)8-16/h1-8H. The lowest BCUT2D eigenvalue weighted by atomic mass is 10.2. The summed E-state index contributed by atoms with van der Waals surface area (Å²) in [6, 6.07) is 8.96. The first kappa shape index (κ1) is 12.7. The van der Waals surface area contributed by atoms with E-state index in [1.807, 2.05) is 0 Å². The number of halogens is 1. The molecule has 0 aliphatic rings. The van der Waals surface area contributed by atoms with Crippen molar-refractivity contribution >= 4 is 12.0 Å². The molecule has 2 aromatic rings. The maximum absolute atomic E-state index is 13.1. The third kappa shape index (κ3) is 2.92. The monoisotopic (exact) mass is 261 g/mol. The lowest BCUT2D eigenvalue weighted by molar-refractivity contribution is -0.385. The summed E-state index contributed by atoms with van der Waals surface area (Å²) < 4.78 is 18.4. The number of nitro groups is 1. The fraction of sp³-hybridized carbons (Fsp3) is 0. The van der Waals surface area contributed by atoms with Crippen LogP contribution in [0.15, 0.2) is 42.5 Å². The third-order valence-electron chi connectivity index (χ3n) is 2.34. The molecule has 5 nitrogen and oxygen atoms in total. The predicted octanol–water partition coefficient (Wildman–Crippen LogP) is 3.34. The van der Waals surface area contributed by atoms with E-state index in [4.69, 9.17) is 4.74 Å². The molecule has 0 spiro atoms. The van der Waals surface area contributed by atoms with Gasteiger partial charge in [0.25, 0.3) is 0 Å². The average molecular weight is 261 g/mol. The van der Waals surface area contributed by atoms with Crippen molar-refractivity contribution in [3.05, 3.63) is 64.0 Å². The van der Waals surface area contributed by atoms with Gasteiger partial charge in [-0.05, 0) is 18.2 Å². The molecule has 19 heavy (non-hydrogen) atoms. The van der Waals surface area contributed by atoms with E-state index in [1.54, 1.807) is 12.1 Å². The van der Waals surface area contributed by atoms with Gasteiger partial charge in [-0.25, -0.2) is 4.39 Å². The average Bonchev–Trinajstić information content (AvgIpc) is 2.38. The van der Waals surface area contributed by atoms with Gasteiger partial charge in [-0.1, -0.05) is 12.1 Å². The summed E-state index contributed by atoms with van der Waals surface area (Å²) in [7, 11) is 0. The van der Waals surface area contributed by atoms with Crippen molar-refractivity contribution < 1.29 is 18.8 Å². The van der Waals surface area contributed by atoms with Crippen molar-refractivity contribution in [2.75, 3.05) is 0 Å². The minimum Gasteiger partial charge on any atom is -0.450 e. The van der Waals surface area contributed by atoms with Crippen LogP contribution in [0.2, 0.25) is 0 Å². The molecule has 0 N–H and O–H groups in total. The second kappa shape index (κ2) is 5.26. The molecular formula is C13H8FNO4. The molecule has 0 unspecified atom stereocenters. The number of aldehydes is 1. The molecular weight excluding hydrogens is 253 g/mol. The zero-order valence-electron chi connectivity index (χ0n) is 9.58. The first-order chi connectivity index (χ1) is 9.10. The van der Waals surface area contributed by atoms with Gasteiger partial charge >= 0.3 is 5.69 Å². The van der Waals surface area contributed by atoms with Crippen molar-refractivity contribution in [1.82, 2.24) is 0 Å². The Morgan fingerprint density at radius 1 is 1.21 bits per heavy atom. The van der Waals surface area contributed by atoms with E-state index in [-0.39, 0.29) is 17.2 Å². The van der Waals surface area contributed by atoms with Gasteiger partial charge in [0.05, 0.1) is 4.92 Å². The van der Waals surface area contributed by atoms with E-state index < -0.39 is 10.7 Å². The molecule has 96 valence electrons. The van der Waals surface area contributed by atoms with Crippen molar-refractivity contribution in [2.24, 2.45) is 0 Å². The highest BCUT2D eigenvalue weighted by Gasteiger charge is 2.16. The third-order valence-corrected chi connectivity index (χ3v) is 2.34. The van der Waals surface area contributed by atoms with E-state index in [0.717, 1.165) is 18.2 Å². The van der Waals surface area contributed by atoms with Crippen molar-refractivity contribution in [3.8, 4) is 11.5 Å². The topological polar surface area (TPSA) is 69.4 Å². The number of carbonyl (C=O) groups excluding carboxylic acids is 1. The summed E-state index contributed by atoms with van der Waals surface area (Å²) >= 11 is 0. The molecule has 0 aromatic heterocycles. The summed E-state index contributed by atoms with van der Waals surface area (Å²) in [5.74, 6) is -0.640. The van der Waals surface area contributed by atoms with Gasteiger partial charge in [-0.2, -0.15) is 0 Å². The van der Waals surface area contributed by atoms with Crippen LogP contribution in [0.3, 0.4) is 0 Å². The number of ether oxygens (including phenoxy) is 1. The number of nitro benzene ring substituents is 1. The van der Waals surface area contributed by atoms with Crippen LogP contribution in [0.25, 0.3) is 0 Å². The molecule has 0 aliphatic heterocycles. The van der Waals surface area contributed by atoms with Gasteiger partial charge < -0.3 is 4.74 Å². The van der Waals surface area contributed by atoms with Crippen molar-refractivity contribution in [3.63, 3.8) is 0 Å². The molecule has 6 heteroatoms. The summed E-state index contributed by atoms with van der Waals surface area (Å²) in [5, 5.41) is 10.8. The van der Waals surface area contributed by atoms with Crippen LogP contribution in [-0.2, 0) is 0 Å². The smallest absolute Gasteiger partial charge is 0.311 e. The van der Waals surface area contributed by atoms with Crippen LogP contribution < -0.4 is 4.74 Å². The Hall–Kier alpha value is -2.76. The lowest BCUT2D eigenvalue weighted by Gasteiger charge is -2.06. The van der Waals surface area contributed by atoms with Gasteiger partial charge in [-0.15, -0.1) is 0 Å². The van der Waals surface area contributed by atoms with E-state index in [1.165, 1.54) is 12.1 Å². The number of rotatable bonds is 4. The van der Waals surface area contributed by atoms with Gasteiger partial charge in [-0.3, -0.25) is 14.9 Å². The fourth-order valence-electron chi connectivity index (χ4n) is 1.50. The fourth-order valence-corrected chi connectivity index (χ4v) is 1.50. The van der Waals surface area contributed by atoms with Crippen LogP contribution in [-0.4, -0.2) is 11.2 Å². The normalized spacial score (nSPS) is 9.95. The van der Waals surface area contributed by atoms with E-state index in [0.29, 0.717) is 11.8 Å². The second-order valence-electron chi connectivity index (χ2n) is 3.66. The Morgan fingerprint density at radius 2 is 2.00 bits per heavy atom. The molecule has 0 radical (unpaired) electrons. The van der Waals surface area contributed by atoms with Crippen molar-refractivity contribution in [2.45, 2.75) is 0 Å². The summed E-state index contributed by atoms with van der Waals surface area (Å²) in [6.07, 6.45) is 0.618. The van der Waals surface area contributed by atoms with Gasteiger partial charge in [0.15, 0.2) is 0 Å². The first-order valence-corrected chi connectivity index (χ1v) is 5.27. The van der Waals surface area contributed by atoms with Gasteiger partial charge in [0.2, 0.25) is 5.75 Å².